The van der Waals surface area contributed by atoms with Gasteiger partial charge < -0.3 is 15.0 Å². The first-order valence-electron chi connectivity index (χ1n) is 6.47. The van der Waals surface area contributed by atoms with E-state index in [1.807, 2.05) is 6.92 Å². The molecule has 0 aliphatic rings. The zero-order valence-electron chi connectivity index (χ0n) is 12.3. The maximum absolute atomic E-state index is 11.9. The molecule has 0 aliphatic carbocycles. The zero-order valence-corrected chi connectivity index (χ0v) is 12.3. The number of methoxy groups -OCH3 is 1. The van der Waals surface area contributed by atoms with Gasteiger partial charge in [0.15, 0.2) is 5.69 Å². The van der Waals surface area contributed by atoms with Gasteiger partial charge in [0.1, 0.15) is 6.54 Å². The molecular weight excluding hydrogens is 278 g/mol. The van der Waals surface area contributed by atoms with E-state index in [1.54, 1.807) is 0 Å². The number of rotatable bonds is 7. The highest BCUT2D eigenvalue weighted by Gasteiger charge is 2.16. The third kappa shape index (κ3) is 5.21. The highest BCUT2D eigenvalue weighted by atomic mass is 16.5. The lowest BCUT2D eigenvalue weighted by Gasteiger charge is -2.16. The summed E-state index contributed by atoms with van der Waals surface area (Å²) < 4.78 is 5.71. The summed E-state index contributed by atoms with van der Waals surface area (Å²) in [5.41, 5.74) is 0.0219. The quantitative estimate of drug-likeness (QED) is 0.650. The monoisotopic (exact) mass is 297 g/mol. The summed E-state index contributed by atoms with van der Waals surface area (Å²) >= 11 is 0. The van der Waals surface area contributed by atoms with Crippen LogP contribution in [0.5, 0.6) is 0 Å². The highest BCUT2D eigenvalue weighted by Crippen LogP contribution is 1.97. The highest BCUT2D eigenvalue weighted by molar-refractivity contribution is 5.87. The van der Waals surface area contributed by atoms with Crippen LogP contribution in [-0.2, 0) is 20.9 Å². The normalized spacial score (nSPS) is 10.0. The van der Waals surface area contributed by atoms with E-state index in [2.05, 4.69) is 20.4 Å². The minimum atomic E-state index is -0.624. The van der Waals surface area contributed by atoms with Crippen LogP contribution in [0.15, 0.2) is 6.20 Å². The number of carbonyl (C=O) groups excluding carboxylic acids is 3. The fourth-order valence-electron chi connectivity index (χ4n) is 1.46. The molecule has 9 nitrogen and oxygen atoms in total. The number of amides is 2. The minimum Gasteiger partial charge on any atom is -0.464 e. The molecule has 0 atom stereocenters. The number of hydrogen-bond donors (Lipinski definition) is 1. The van der Waals surface area contributed by atoms with Crippen molar-refractivity contribution in [2.75, 3.05) is 27.2 Å². The summed E-state index contributed by atoms with van der Waals surface area (Å²) in [4.78, 5) is 35.9. The molecule has 0 bridgehead atoms. The molecule has 0 aliphatic heterocycles. The van der Waals surface area contributed by atoms with Crippen LogP contribution < -0.4 is 5.32 Å². The second-order valence-electron chi connectivity index (χ2n) is 4.39. The molecule has 1 aromatic heterocycles. The number of aromatic nitrogens is 3. The molecule has 0 saturated carbocycles. The van der Waals surface area contributed by atoms with Crippen molar-refractivity contribution in [2.24, 2.45) is 0 Å². The predicted octanol–water partition coefficient (Wildman–Crippen LogP) is -0.951. The van der Waals surface area contributed by atoms with Gasteiger partial charge in [0, 0.05) is 13.6 Å². The fraction of sp³-hybridized carbons (Fsp3) is 0.583. The van der Waals surface area contributed by atoms with Crippen molar-refractivity contribution >= 4 is 17.8 Å². The van der Waals surface area contributed by atoms with Crippen molar-refractivity contribution in [3.63, 3.8) is 0 Å². The van der Waals surface area contributed by atoms with E-state index < -0.39 is 5.97 Å². The molecule has 2 amide bonds. The molecule has 0 spiro atoms. The van der Waals surface area contributed by atoms with Crippen molar-refractivity contribution in [3.05, 3.63) is 11.9 Å². The average molecular weight is 297 g/mol. The number of hydrogen-bond acceptors (Lipinski definition) is 6. The summed E-state index contributed by atoms with van der Waals surface area (Å²) in [7, 11) is 2.75. The number of carbonyl (C=O) groups is 3. The molecule has 21 heavy (non-hydrogen) atoms. The maximum Gasteiger partial charge on any atom is 0.360 e. The Hall–Kier alpha value is -2.45. The van der Waals surface area contributed by atoms with Gasteiger partial charge in [-0.15, -0.1) is 5.10 Å². The lowest BCUT2D eigenvalue weighted by molar-refractivity contribution is -0.135. The number of likely N-dealkylation sites (N-methyl/N-ethyl adjacent to an activating group) is 1. The van der Waals surface area contributed by atoms with E-state index in [-0.39, 0.29) is 30.6 Å². The summed E-state index contributed by atoms with van der Waals surface area (Å²) in [5.74, 6) is -1.16. The lowest BCUT2D eigenvalue weighted by atomic mass is 10.4. The summed E-state index contributed by atoms with van der Waals surface area (Å²) in [5, 5.41) is 9.92. The van der Waals surface area contributed by atoms with Crippen LogP contribution in [0, 0.1) is 0 Å². The van der Waals surface area contributed by atoms with E-state index in [0.717, 1.165) is 6.42 Å². The molecule has 0 unspecified atom stereocenters. The van der Waals surface area contributed by atoms with Crippen molar-refractivity contribution in [1.82, 2.24) is 25.2 Å². The van der Waals surface area contributed by atoms with Crippen molar-refractivity contribution < 1.29 is 19.1 Å². The summed E-state index contributed by atoms with van der Waals surface area (Å²) in [6.07, 6.45) is 2.15. The van der Waals surface area contributed by atoms with E-state index in [4.69, 9.17) is 0 Å². The maximum atomic E-state index is 11.9. The van der Waals surface area contributed by atoms with Crippen molar-refractivity contribution in [1.29, 1.82) is 0 Å². The molecule has 1 N–H and O–H groups in total. The van der Waals surface area contributed by atoms with Crippen LogP contribution in [0.3, 0.4) is 0 Å². The van der Waals surface area contributed by atoms with Crippen LogP contribution >= 0.6 is 0 Å². The smallest absolute Gasteiger partial charge is 0.360 e. The van der Waals surface area contributed by atoms with Gasteiger partial charge >= 0.3 is 5.97 Å². The standard InChI is InChI=1S/C12H19N5O4/c1-4-5-13-10(18)7-16(2)11(19)8-17-6-9(14-15-17)12(20)21-3/h6H,4-5,7-8H2,1-3H3,(H,13,18). The Kier molecular flexibility index (Phi) is 6.31. The number of nitrogens with one attached hydrogen (secondary N) is 1. The molecule has 9 heteroatoms. The van der Waals surface area contributed by atoms with Gasteiger partial charge in [-0.25, -0.2) is 9.48 Å². The van der Waals surface area contributed by atoms with E-state index in [9.17, 15) is 14.4 Å². The first-order valence-corrected chi connectivity index (χ1v) is 6.47. The fourth-order valence-corrected chi connectivity index (χ4v) is 1.46. The Bertz CT molecular complexity index is 514. The number of nitrogens with zero attached hydrogens (tertiary/aromatic N) is 4. The van der Waals surface area contributed by atoms with Crippen LogP contribution in [0.4, 0.5) is 0 Å². The van der Waals surface area contributed by atoms with E-state index in [0.29, 0.717) is 6.54 Å². The molecular formula is C12H19N5O4. The third-order valence-electron chi connectivity index (χ3n) is 2.61. The predicted molar refractivity (Wildman–Crippen MR) is 72.3 cm³/mol. The molecule has 1 rings (SSSR count). The first-order chi connectivity index (χ1) is 9.97. The van der Waals surface area contributed by atoms with Crippen LogP contribution in [0.1, 0.15) is 23.8 Å². The van der Waals surface area contributed by atoms with Crippen LogP contribution in [-0.4, -0.2) is 64.9 Å². The van der Waals surface area contributed by atoms with Gasteiger partial charge in [-0.1, -0.05) is 12.1 Å². The van der Waals surface area contributed by atoms with Crippen molar-refractivity contribution in [2.45, 2.75) is 19.9 Å². The second kappa shape index (κ2) is 7.98. The molecule has 1 aromatic rings. The molecule has 0 saturated heterocycles. The topological polar surface area (TPSA) is 106 Å². The van der Waals surface area contributed by atoms with E-state index in [1.165, 1.54) is 29.9 Å². The van der Waals surface area contributed by atoms with Gasteiger partial charge in [0.2, 0.25) is 11.8 Å². The molecule has 1 heterocycles. The van der Waals surface area contributed by atoms with Gasteiger partial charge in [-0.05, 0) is 6.42 Å². The number of esters is 1. The molecule has 0 radical (unpaired) electrons. The van der Waals surface area contributed by atoms with Gasteiger partial charge in [-0.2, -0.15) is 0 Å². The average Bonchev–Trinajstić information content (AvgIpc) is 2.92. The Morgan fingerprint density at radius 2 is 2.14 bits per heavy atom. The van der Waals surface area contributed by atoms with Crippen molar-refractivity contribution in [3.8, 4) is 0 Å². The first kappa shape index (κ1) is 16.6. The molecule has 0 fully saturated rings. The van der Waals surface area contributed by atoms with Gasteiger partial charge in [-0.3, -0.25) is 9.59 Å². The SMILES string of the molecule is CCCNC(=O)CN(C)C(=O)Cn1cc(C(=O)OC)nn1. The molecule has 116 valence electrons. The summed E-state index contributed by atoms with van der Waals surface area (Å²) in [6.45, 7) is 2.38. The van der Waals surface area contributed by atoms with Gasteiger partial charge in [0.25, 0.3) is 0 Å². The largest absolute Gasteiger partial charge is 0.464 e. The number of ether oxygens (including phenoxy) is 1. The Morgan fingerprint density at radius 1 is 1.43 bits per heavy atom. The Balaban J connectivity index is 2.50. The Morgan fingerprint density at radius 3 is 2.76 bits per heavy atom. The third-order valence-corrected chi connectivity index (χ3v) is 2.61. The van der Waals surface area contributed by atoms with Crippen LogP contribution in [0.25, 0.3) is 0 Å². The zero-order chi connectivity index (χ0) is 15.8. The Labute approximate surface area is 122 Å². The lowest BCUT2D eigenvalue weighted by Crippen LogP contribution is -2.40. The van der Waals surface area contributed by atoms with E-state index >= 15 is 0 Å². The van der Waals surface area contributed by atoms with Crippen LogP contribution in [0.2, 0.25) is 0 Å². The van der Waals surface area contributed by atoms with Gasteiger partial charge in [0.05, 0.1) is 19.9 Å². The summed E-state index contributed by atoms with van der Waals surface area (Å²) in [6, 6.07) is 0. The second-order valence-corrected chi connectivity index (χ2v) is 4.39. The minimum absolute atomic E-state index is 0.0219. The molecule has 0 aromatic carbocycles.